The summed E-state index contributed by atoms with van der Waals surface area (Å²) in [4.78, 5) is 5.32. The molecule has 1 aromatic rings. The Morgan fingerprint density at radius 2 is 1.76 bits per heavy atom. The maximum Gasteiger partial charge on any atom is 0.170 e. The van der Waals surface area contributed by atoms with Gasteiger partial charge in [-0.05, 0) is 12.1 Å². The molecule has 0 amide bonds. The van der Waals surface area contributed by atoms with Crippen LogP contribution in [0.4, 0.5) is 0 Å². The minimum Gasteiger partial charge on any atom is -0.386 e. The van der Waals surface area contributed by atoms with E-state index in [0.717, 1.165) is 0 Å². The third-order valence-corrected chi connectivity index (χ3v) is 4.18. The van der Waals surface area contributed by atoms with Crippen LogP contribution in [0.3, 0.4) is 0 Å². The van der Waals surface area contributed by atoms with Crippen LogP contribution in [0.5, 0.6) is 0 Å². The summed E-state index contributed by atoms with van der Waals surface area (Å²) < 4.78 is 0. The van der Waals surface area contributed by atoms with Crippen LogP contribution in [0, 0.1) is 0 Å². The second-order valence-electron chi connectivity index (χ2n) is 3.85. The molecular formula is C11H9Cl4NO. The molecule has 2 rings (SSSR count). The summed E-state index contributed by atoms with van der Waals surface area (Å²) in [6, 6.07) is 5.29. The van der Waals surface area contributed by atoms with Crippen LogP contribution in [0.15, 0.2) is 23.4 Å². The van der Waals surface area contributed by atoms with E-state index in [1.54, 1.807) is 18.2 Å². The van der Waals surface area contributed by atoms with Gasteiger partial charge in [-0.1, -0.05) is 34.4 Å². The van der Waals surface area contributed by atoms with E-state index in [1.807, 2.05) is 0 Å². The van der Waals surface area contributed by atoms with E-state index in [2.05, 4.69) is 5.16 Å². The molecule has 92 valence electrons. The van der Waals surface area contributed by atoms with Crippen molar-refractivity contribution < 1.29 is 4.84 Å². The van der Waals surface area contributed by atoms with Gasteiger partial charge in [-0.3, -0.25) is 0 Å². The third-order valence-electron chi connectivity index (χ3n) is 2.58. The summed E-state index contributed by atoms with van der Waals surface area (Å²) in [7, 11) is 0. The number of halogens is 4. The summed E-state index contributed by atoms with van der Waals surface area (Å²) >= 11 is 23.9. The highest BCUT2D eigenvalue weighted by Crippen LogP contribution is 2.34. The first-order valence-corrected chi connectivity index (χ1v) is 6.76. The van der Waals surface area contributed by atoms with Crippen molar-refractivity contribution in [2.24, 2.45) is 5.16 Å². The number of alkyl halides is 2. The lowest BCUT2D eigenvalue weighted by Crippen LogP contribution is -2.33. The van der Waals surface area contributed by atoms with Gasteiger partial charge < -0.3 is 4.84 Å². The zero-order valence-electron chi connectivity index (χ0n) is 8.72. The fraction of sp³-hybridized carbons (Fsp3) is 0.364. The highest BCUT2D eigenvalue weighted by molar-refractivity contribution is 6.40. The summed E-state index contributed by atoms with van der Waals surface area (Å²) in [5.74, 6) is 0.539. The Balaban J connectivity index is 2.32. The first kappa shape index (κ1) is 13.3. The molecular weight excluding hydrogens is 304 g/mol. The molecule has 0 aromatic heterocycles. The van der Waals surface area contributed by atoms with Crippen molar-refractivity contribution in [1.29, 1.82) is 0 Å². The van der Waals surface area contributed by atoms with E-state index in [4.69, 9.17) is 51.2 Å². The summed E-state index contributed by atoms with van der Waals surface area (Å²) in [5.41, 5.74) is 0.718. The zero-order chi connectivity index (χ0) is 12.5. The molecule has 2 nitrogen and oxygen atoms in total. The number of hydrogen-bond donors (Lipinski definition) is 0. The number of benzene rings is 1. The maximum absolute atomic E-state index is 6.10. The fourth-order valence-electron chi connectivity index (χ4n) is 1.61. The molecule has 1 aromatic carbocycles. The first-order chi connectivity index (χ1) is 8.12. The van der Waals surface area contributed by atoms with E-state index in [0.29, 0.717) is 27.7 Å². The minimum atomic E-state index is -0.652. The van der Waals surface area contributed by atoms with Gasteiger partial charge in [-0.2, -0.15) is 0 Å². The van der Waals surface area contributed by atoms with Crippen LogP contribution in [0.1, 0.15) is 12.0 Å². The average molecular weight is 313 g/mol. The molecule has 1 aliphatic heterocycles. The van der Waals surface area contributed by atoms with Crippen LogP contribution in [0.25, 0.3) is 0 Å². The Kier molecular flexibility index (Phi) is 4.09. The second kappa shape index (κ2) is 5.23. The molecule has 0 atom stereocenters. The SMILES string of the molecule is ClCC1(CCl)CC(c2c(Cl)cccc2Cl)=NO1. The van der Waals surface area contributed by atoms with E-state index < -0.39 is 5.60 Å². The van der Waals surface area contributed by atoms with E-state index in [-0.39, 0.29) is 11.8 Å². The maximum atomic E-state index is 6.10. The molecule has 0 N–H and O–H groups in total. The van der Waals surface area contributed by atoms with Crippen LogP contribution in [-0.4, -0.2) is 23.1 Å². The Labute approximate surface area is 119 Å². The van der Waals surface area contributed by atoms with Crippen molar-refractivity contribution in [1.82, 2.24) is 0 Å². The topological polar surface area (TPSA) is 21.6 Å². The van der Waals surface area contributed by atoms with Gasteiger partial charge >= 0.3 is 0 Å². The monoisotopic (exact) mass is 311 g/mol. The normalized spacial score (nSPS) is 17.8. The van der Waals surface area contributed by atoms with Crippen LogP contribution in [-0.2, 0) is 4.84 Å². The molecule has 0 radical (unpaired) electrons. The highest BCUT2D eigenvalue weighted by atomic mass is 35.5. The van der Waals surface area contributed by atoms with Crippen molar-refractivity contribution in [3.8, 4) is 0 Å². The highest BCUT2D eigenvalue weighted by Gasteiger charge is 2.39. The van der Waals surface area contributed by atoms with E-state index in [1.165, 1.54) is 0 Å². The van der Waals surface area contributed by atoms with Gasteiger partial charge in [0, 0.05) is 12.0 Å². The molecule has 0 aliphatic carbocycles. The smallest absolute Gasteiger partial charge is 0.170 e. The quantitative estimate of drug-likeness (QED) is 0.761. The predicted octanol–water partition coefficient (Wildman–Crippen LogP) is 4.33. The molecule has 6 heteroatoms. The first-order valence-electron chi connectivity index (χ1n) is 4.93. The summed E-state index contributed by atoms with van der Waals surface area (Å²) in [5, 5.41) is 5.08. The van der Waals surface area contributed by atoms with Crippen molar-refractivity contribution in [3.63, 3.8) is 0 Å². The number of nitrogens with zero attached hydrogens (tertiary/aromatic N) is 1. The van der Waals surface area contributed by atoms with Gasteiger partial charge in [0.2, 0.25) is 0 Å². The van der Waals surface area contributed by atoms with E-state index >= 15 is 0 Å². The minimum absolute atomic E-state index is 0.269. The molecule has 0 unspecified atom stereocenters. The zero-order valence-corrected chi connectivity index (χ0v) is 11.7. The Morgan fingerprint density at radius 3 is 2.24 bits per heavy atom. The molecule has 0 spiro atoms. The standard InChI is InChI=1S/C11H9Cl4NO/c12-5-11(6-13)4-9(16-17-11)10-7(14)2-1-3-8(10)15/h1-3H,4-6H2. The Morgan fingerprint density at radius 1 is 1.18 bits per heavy atom. The lowest BCUT2D eigenvalue weighted by molar-refractivity contribution is 0.0181. The van der Waals surface area contributed by atoms with Crippen molar-refractivity contribution >= 4 is 52.1 Å². The van der Waals surface area contributed by atoms with Gasteiger partial charge in [-0.15, -0.1) is 23.2 Å². The molecule has 0 fully saturated rings. The van der Waals surface area contributed by atoms with Crippen LogP contribution >= 0.6 is 46.4 Å². The van der Waals surface area contributed by atoms with Gasteiger partial charge in [0.1, 0.15) is 0 Å². The van der Waals surface area contributed by atoms with Gasteiger partial charge in [-0.25, -0.2) is 0 Å². The summed E-state index contributed by atoms with van der Waals surface area (Å²) in [6.07, 6.45) is 0.503. The van der Waals surface area contributed by atoms with Crippen LogP contribution in [0.2, 0.25) is 10.0 Å². The summed E-state index contributed by atoms with van der Waals surface area (Å²) in [6.45, 7) is 0. The molecule has 1 heterocycles. The predicted molar refractivity (Wildman–Crippen MR) is 72.9 cm³/mol. The molecule has 0 saturated heterocycles. The Hall–Kier alpha value is -0.150. The third kappa shape index (κ3) is 2.50. The Bertz CT molecular complexity index is 437. The molecule has 17 heavy (non-hydrogen) atoms. The number of hydrogen-bond acceptors (Lipinski definition) is 2. The van der Waals surface area contributed by atoms with Crippen molar-refractivity contribution in [3.05, 3.63) is 33.8 Å². The van der Waals surface area contributed by atoms with E-state index in [9.17, 15) is 0 Å². The van der Waals surface area contributed by atoms with Crippen molar-refractivity contribution in [2.75, 3.05) is 11.8 Å². The molecule has 0 bridgehead atoms. The fourth-order valence-corrected chi connectivity index (χ4v) is 2.80. The lowest BCUT2D eigenvalue weighted by atomic mass is 9.97. The van der Waals surface area contributed by atoms with Crippen LogP contribution < -0.4 is 0 Å². The molecule has 1 aliphatic rings. The largest absolute Gasteiger partial charge is 0.386 e. The van der Waals surface area contributed by atoms with Crippen molar-refractivity contribution in [2.45, 2.75) is 12.0 Å². The molecule has 0 saturated carbocycles. The second-order valence-corrected chi connectivity index (χ2v) is 5.20. The van der Waals surface area contributed by atoms with Gasteiger partial charge in [0.25, 0.3) is 0 Å². The van der Waals surface area contributed by atoms with Gasteiger partial charge in [0.05, 0.1) is 27.5 Å². The lowest BCUT2D eigenvalue weighted by Gasteiger charge is -2.20. The van der Waals surface area contributed by atoms with Gasteiger partial charge in [0.15, 0.2) is 5.60 Å². The number of oxime groups is 1. The average Bonchev–Trinajstić information content (AvgIpc) is 2.74. The number of rotatable bonds is 3.